The van der Waals surface area contributed by atoms with Crippen molar-refractivity contribution < 1.29 is 4.74 Å². The van der Waals surface area contributed by atoms with E-state index >= 15 is 0 Å². The Morgan fingerprint density at radius 3 is 2.85 bits per heavy atom. The molecule has 0 spiro atoms. The molecular weight excluding hydrogens is 316 g/mol. The minimum absolute atomic E-state index is 0.308. The van der Waals surface area contributed by atoms with Gasteiger partial charge in [0.1, 0.15) is 0 Å². The van der Waals surface area contributed by atoms with Crippen LogP contribution in [0, 0.1) is 0 Å². The zero-order chi connectivity index (χ0) is 15.0. The van der Waals surface area contributed by atoms with Gasteiger partial charge in [0.25, 0.3) is 0 Å². The highest BCUT2D eigenvalue weighted by molar-refractivity contribution is 9.10. The number of nitrogens with zero attached hydrogens (tertiary/aromatic N) is 1. The minimum Gasteiger partial charge on any atom is -0.383 e. The topological polar surface area (TPSA) is 24.5 Å². The molecule has 0 saturated carbocycles. The van der Waals surface area contributed by atoms with Crippen molar-refractivity contribution in [2.75, 3.05) is 38.3 Å². The number of ether oxygens (including phenoxy) is 1. The predicted octanol–water partition coefficient (Wildman–Crippen LogP) is 3.76. The molecule has 20 heavy (non-hydrogen) atoms. The quantitative estimate of drug-likeness (QED) is 0.692. The summed E-state index contributed by atoms with van der Waals surface area (Å²) in [7, 11) is 1.73. The van der Waals surface area contributed by atoms with E-state index in [1.807, 2.05) is 6.08 Å². The Balaban J connectivity index is 3.08. The van der Waals surface area contributed by atoms with Crippen LogP contribution in [0.5, 0.6) is 0 Å². The zero-order valence-corrected chi connectivity index (χ0v) is 14.2. The first-order chi connectivity index (χ1) is 9.63. The van der Waals surface area contributed by atoms with Gasteiger partial charge in [-0.1, -0.05) is 28.9 Å². The Morgan fingerprint density at radius 1 is 1.50 bits per heavy atom. The molecule has 1 aromatic rings. The van der Waals surface area contributed by atoms with Crippen molar-refractivity contribution in [3.8, 4) is 0 Å². The molecule has 1 unspecified atom stereocenters. The van der Waals surface area contributed by atoms with Crippen LogP contribution in [0.1, 0.15) is 25.5 Å². The second-order valence-corrected chi connectivity index (χ2v) is 5.63. The smallest absolute Gasteiger partial charge is 0.0637 e. The molecule has 0 heterocycles. The van der Waals surface area contributed by atoms with Crippen molar-refractivity contribution >= 4 is 21.6 Å². The van der Waals surface area contributed by atoms with E-state index in [1.54, 1.807) is 7.11 Å². The number of methoxy groups -OCH3 is 1. The minimum atomic E-state index is 0.308. The maximum atomic E-state index is 5.21. The monoisotopic (exact) mass is 340 g/mol. The lowest BCUT2D eigenvalue weighted by Gasteiger charge is -2.28. The Kier molecular flexibility index (Phi) is 7.88. The molecule has 0 amide bonds. The molecule has 0 radical (unpaired) electrons. The maximum Gasteiger partial charge on any atom is 0.0637 e. The van der Waals surface area contributed by atoms with Crippen molar-refractivity contribution in [1.82, 2.24) is 5.32 Å². The van der Waals surface area contributed by atoms with E-state index in [2.05, 4.69) is 64.8 Å². The van der Waals surface area contributed by atoms with E-state index in [0.717, 1.165) is 24.1 Å². The highest BCUT2D eigenvalue weighted by Gasteiger charge is 2.15. The molecule has 1 rings (SSSR count). The molecule has 0 aliphatic heterocycles. The molecule has 1 aromatic carbocycles. The number of halogens is 1. The normalized spacial score (nSPS) is 12.2. The first-order valence-corrected chi connectivity index (χ1v) is 7.80. The molecule has 0 aromatic heterocycles. The summed E-state index contributed by atoms with van der Waals surface area (Å²) in [6.45, 7) is 11.5. The molecule has 0 bridgehead atoms. The number of nitrogens with one attached hydrogen (secondary N) is 1. The fourth-order valence-electron chi connectivity index (χ4n) is 2.24. The van der Waals surface area contributed by atoms with Gasteiger partial charge in [-0.2, -0.15) is 0 Å². The summed E-state index contributed by atoms with van der Waals surface area (Å²) in [4.78, 5) is 2.30. The third-order valence-corrected chi connectivity index (χ3v) is 3.72. The third-order valence-electron chi connectivity index (χ3n) is 3.22. The van der Waals surface area contributed by atoms with E-state index in [-0.39, 0.29) is 0 Å². The van der Waals surface area contributed by atoms with Crippen molar-refractivity contribution in [3.05, 3.63) is 40.9 Å². The molecule has 1 atom stereocenters. The van der Waals surface area contributed by atoms with Crippen LogP contribution >= 0.6 is 15.9 Å². The Labute approximate surface area is 131 Å². The van der Waals surface area contributed by atoms with Crippen molar-refractivity contribution in [2.24, 2.45) is 0 Å². The van der Waals surface area contributed by atoms with Gasteiger partial charge in [0, 0.05) is 36.4 Å². The highest BCUT2D eigenvalue weighted by atomic mass is 79.9. The summed E-state index contributed by atoms with van der Waals surface area (Å²) in [5.74, 6) is 0. The first-order valence-electron chi connectivity index (χ1n) is 7.01. The number of hydrogen-bond donors (Lipinski definition) is 1. The third kappa shape index (κ3) is 4.93. The van der Waals surface area contributed by atoms with E-state index < -0.39 is 0 Å². The van der Waals surface area contributed by atoms with Crippen LogP contribution in [0.3, 0.4) is 0 Å². The lowest BCUT2D eigenvalue weighted by atomic mass is 10.0. The standard InChI is InChI=1S/C16H25BrN2O/c1-5-9-19(10-11-20-4)16-8-7-14(17)12-15(16)13(3)18-6-2/h5,7-8,12-13,18H,1,6,9-11H2,2-4H3. The predicted molar refractivity (Wildman–Crippen MR) is 90.5 cm³/mol. The van der Waals surface area contributed by atoms with Crippen molar-refractivity contribution in [3.63, 3.8) is 0 Å². The Bertz CT molecular complexity index is 423. The van der Waals surface area contributed by atoms with Gasteiger partial charge in [-0.05, 0) is 37.2 Å². The van der Waals surface area contributed by atoms with Gasteiger partial charge in [0.15, 0.2) is 0 Å². The lowest BCUT2D eigenvalue weighted by Crippen LogP contribution is -2.30. The molecule has 0 aliphatic carbocycles. The number of anilines is 1. The average molecular weight is 341 g/mol. The van der Waals surface area contributed by atoms with Gasteiger partial charge in [0.05, 0.1) is 6.61 Å². The van der Waals surface area contributed by atoms with E-state index in [0.29, 0.717) is 12.6 Å². The molecule has 3 nitrogen and oxygen atoms in total. The number of benzene rings is 1. The zero-order valence-electron chi connectivity index (χ0n) is 12.7. The van der Waals surface area contributed by atoms with E-state index in [1.165, 1.54) is 11.3 Å². The van der Waals surface area contributed by atoms with Gasteiger partial charge >= 0.3 is 0 Å². The SMILES string of the molecule is C=CCN(CCOC)c1ccc(Br)cc1C(C)NCC. The van der Waals surface area contributed by atoms with Crippen LogP contribution in [0.15, 0.2) is 35.3 Å². The van der Waals surface area contributed by atoms with Crippen LogP contribution < -0.4 is 10.2 Å². The molecule has 0 saturated heterocycles. The molecule has 0 fully saturated rings. The number of hydrogen-bond acceptors (Lipinski definition) is 3. The Morgan fingerprint density at radius 2 is 2.25 bits per heavy atom. The fourth-order valence-corrected chi connectivity index (χ4v) is 2.62. The fraction of sp³-hybridized carbons (Fsp3) is 0.500. The van der Waals surface area contributed by atoms with Crippen molar-refractivity contribution in [1.29, 1.82) is 0 Å². The summed E-state index contributed by atoms with van der Waals surface area (Å²) in [6, 6.07) is 6.74. The maximum absolute atomic E-state index is 5.21. The van der Waals surface area contributed by atoms with Gasteiger partial charge in [0.2, 0.25) is 0 Å². The van der Waals surface area contributed by atoms with Crippen LogP contribution in [-0.2, 0) is 4.74 Å². The molecule has 4 heteroatoms. The van der Waals surface area contributed by atoms with E-state index in [4.69, 9.17) is 4.74 Å². The van der Waals surface area contributed by atoms with Gasteiger partial charge in [-0.15, -0.1) is 6.58 Å². The summed E-state index contributed by atoms with van der Waals surface area (Å²) >= 11 is 3.57. The number of rotatable bonds is 9. The second kappa shape index (κ2) is 9.16. The summed E-state index contributed by atoms with van der Waals surface area (Å²) < 4.78 is 6.31. The Hall–Kier alpha value is -0.840. The van der Waals surface area contributed by atoms with Crippen LogP contribution in [0.25, 0.3) is 0 Å². The largest absolute Gasteiger partial charge is 0.383 e. The summed E-state index contributed by atoms with van der Waals surface area (Å²) in [6.07, 6.45) is 1.93. The summed E-state index contributed by atoms with van der Waals surface area (Å²) in [5.41, 5.74) is 2.53. The average Bonchev–Trinajstić information content (AvgIpc) is 2.44. The highest BCUT2D eigenvalue weighted by Crippen LogP contribution is 2.29. The summed E-state index contributed by atoms with van der Waals surface area (Å²) in [5, 5.41) is 3.48. The van der Waals surface area contributed by atoms with Crippen LogP contribution in [0.4, 0.5) is 5.69 Å². The van der Waals surface area contributed by atoms with Gasteiger partial charge < -0.3 is 15.0 Å². The molecule has 112 valence electrons. The molecule has 0 aliphatic rings. The second-order valence-electron chi connectivity index (χ2n) is 4.71. The van der Waals surface area contributed by atoms with Crippen LogP contribution in [-0.4, -0.2) is 33.4 Å². The molecular formula is C16H25BrN2O. The van der Waals surface area contributed by atoms with Gasteiger partial charge in [-0.3, -0.25) is 0 Å². The lowest BCUT2D eigenvalue weighted by molar-refractivity contribution is 0.205. The first kappa shape index (κ1) is 17.2. The van der Waals surface area contributed by atoms with Crippen molar-refractivity contribution in [2.45, 2.75) is 19.9 Å². The van der Waals surface area contributed by atoms with E-state index in [9.17, 15) is 0 Å². The van der Waals surface area contributed by atoms with Crippen LogP contribution in [0.2, 0.25) is 0 Å². The van der Waals surface area contributed by atoms with Gasteiger partial charge in [-0.25, -0.2) is 0 Å². The molecule has 1 N–H and O–H groups in total.